The van der Waals surface area contributed by atoms with E-state index in [0.29, 0.717) is 10.1 Å². The highest BCUT2D eigenvalue weighted by molar-refractivity contribution is 9.10. The zero-order chi connectivity index (χ0) is 10.3. The van der Waals surface area contributed by atoms with Crippen LogP contribution in [0.5, 0.6) is 0 Å². The van der Waals surface area contributed by atoms with E-state index < -0.39 is 5.24 Å². The van der Waals surface area contributed by atoms with Crippen LogP contribution in [0.4, 0.5) is 0 Å². The first-order valence-corrected chi connectivity index (χ1v) is 5.04. The molecule has 0 aliphatic carbocycles. The highest BCUT2D eigenvalue weighted by Gasteiger charge is 2.13. The van der Waals surface area contributed by atoms with Gasteiger partial charge in [-0.05, 0) is 33.6 Å². The summed E-state index contributed by atoms with van der Waals surface area (Å²) in [5, 5.41) is 3.53. The Bertz CT molecular complexity index is 525. The van der Waals surface area contributed by atoms with Gasteiger partial charge >= 0.3 is 0 Å². The molecule has 0 aromatic carbocycles. The summed E-state index contributed by atoms with van der Waals surface area (Å²) in [4.78, 5) is 14.9. The molecule has 0 N–H and O–H groups in total. The summed E-state index contributed by atoms with van der Waals surface area (Å²) >= 11 is 14.3. The Hall–Kier alpha value is -0.650. The van der Waals surface area contributed by atoms with Gasteiger partial charge in [0.1, 0.15) is 5.69 Å². The predicted molar refractivity (Wildman–Crippen MR) is 55.9 cm³/mol. The molecule has 0 spiro atoms. The van der Waals surface area contributed by atoms with Crippen LogP contribution in [0.2, 0.25) is 5.15 Å². The van der Waals surface area contributed by atoms with E-state index in [4.69, 9.17) is 23.2 Å². The van der Waals surface area contributed by atoms with E-state index in [2.05, 4.69) is 26.0 Å². The first-order chi connectivity index (χ1) is 6.59. The first-order valence-electron chi connectivity index (χ1n) is 3.49. The van der Waals surface area contributed by atoms with Crippen LogP contribution in [0.15, 0.2) is 16.7 Å². The number of halogens is 3. The fraction of sp³-hybridized carbons (Fsp3) is 0. The van der Waals surface area contributed by atoms with Crippen molar-refractivity contribution in [2.75, 3.05) is 0 Å². The van der Waals surface area contributed by atoms with Crippen molar-refractivity contribution >= 4 is 50.0 Å². The number of carbonyl (C=O) groups is 1. The van der Waals surface area contributed by atoms with Gasteiger partial charge in [0, 0.05) is 0 Å². The molecule has 2 rings (SSSR count). The molecule has 4 nitrogen and oxygen atoms in total. The second-order valence-corrected chi connectivity index (χ2v) is 4.05. The van der Waals surface area contributed by atoms with Crippen LogP contribution < -0.4 is 0 Å². The van der Waals surface area contributed by atoms with Crippen LogP contribution in [-0.2, 0) is 0 Å². The summed E-state index contributed by atoms with van der Waals surface area (Å²) in [7, 11) is 0. The van der Waals surface area contributed by atoms with Gasteiger partial charge in [0.05, 0.1) is 10.7 Å². The maximum absolute atomic E-state index is 10.9. The van der Waals surface area contributed by atoms with Crippen LogP contribution in [0.1, 0.15) is 10.5 Å². The molecule has 0 saturated carbocycles. The van der Waals surface area contributed by atoms with Crippen molar-refractivity contribution in [2.24, 2.45) is 0 Å². The monoisotopic (exact) mass is 293 g/mol. The summed E-state index contributed by atoms with van der Waals surface area (Å²) in [6.45, 7) is 0. The normalized spacial score (nSPS) is 10.8. The van der Waals surface area contributed by atoms with Crippen molar-refractivity contribution in [3.8, 4) is 0 Å². The van der Waals surface area contributed by atoms with E-state index in [1.165, 1.54) is 10.7 Å². The van der Waals surface area contributed by atoms with Gasteiger partial charge in [0.15, 0.2) is 10.8 Å². The minimum atomic E-state index is -0.626. The lowest BCUT2D eigenvalue weighted by Gasteiger charge is -1.98. The average Bonchev–Trinajstić information content (AvgIpc) is 2.47. The molecular weight excluding hydrogens is 293 g/mol. The molecule has 7 heteroatoms. The topological polar surface area (TPSA) is 47.3 Å². The Balaban J connectivity index is 2.85. The molecule has 0 radical (unpaired) electrons. The molecule has 0 atom stereocenters. The van der Waals surface area contributed by atoms with Crippen LogP contribution >= 0.6 is 39.1 Å². The fourth-order valence-corrected chi connectivity index (χ4v) is 1.97. The lowest BCUT2D eigenvalue weighted by Crippen LogP contribution is -2.00. The van der Waals surface area contributed by atoms with Gasteiger partial charge < -0.3 is 0 Å². The Morgan fingerprint density at radius 1 is 1.57 bits per heavy atom. The molecule has 2 aromatic heterocycles. The Morgan fingerprint density at radius 2 is 2.29 bits per heavy atom. The minimum Gasteiger partial charge on any atom is -0.274 e. The number of imidazole rings is 1. The van der Waals surface area contributed by atoms with Crippen molar-refractivity contribution in [3.05, 3.63) is 27.6 Å². The summed E-state index contributed by atoms with van der Waals surface area (Å²) in [6, 6.07) is 1.59. The lowest BCUT2D eigenvalue weighted by atomic mass is 10.5. The Kier molecular flexibility index (Phi) is 2.47. The summed E-state index contributed by atoms with van der Waals surface area (Å²) < 4.78 is 1.95. The minimum absolute atomic E-state index is 0.185. The van der Waals surface area contributed by atoms with Gasteiger partial charge in [-0.15, -0.1) is 0 Å². The average molecular weight is 295 g/mol. The zero-order valence-corrected chi connectivity index (χ0v) is 9.64. The van der Waals surface area contributed by atoms with Gasteiger partial charge in [0.25, 0.3) is 5.24 Å². The van der Waals surface area contributed by atoms with E-state index in [-0.39, 0.29) is 10.8 Å². The molecule has 2 heterocycles. The molecule has 0 amide bonds. The number of fused-ring (bicyclic) bond motifs is 1. The number of carbonyl (C=O) groups excluding carboxylic acids is 1. The van der Waals surface area contributed by atoms with Crippen molar-refractivity contribution in [2.45, 2.75) is 0 Å². The predicted octanol–water partition coefficient (Wildman–Crippen LogP) is 2.52. The van der Waals surface area contributed by atoms with Gasteiger partial charge in [-0.1, -0.05) is 11.6 Å². The van der Waals surface area contributed by atoms with Crippen molar-refractivity contribution in [3.63, 3.8) is 0 Å². The fourth-order valence-electron chi connectivity index (χ4n) is 1.04. The second-order valence-electron chi connectivity index (χ2n) is 2.47. The highest BCUT2D eigenvalue weighted by atomic mass is 79.9. The molecule has 0 aliphatic rings. The molecule has 0 aliphatic heterocycles. The number of nitrogens with zero attached hydrogens (tertiary/aromatic N) is 3. The van der Waals surface area contributed by atoms with E-state index in [9.17, 15) is 4.79 Å². The Labute approximate surface area is 97.0 Å². The SMILES string of the molecule is O=C(Cl)c1cnc2c(Br)cc(Cl)nn12. The van der Waals surface area contributed by atoms with Gasteiger partial charge in [-0.2, -0.15) is 5.10 Å². The molecule has 2 aromatic rings. The van der Waals surface area contributed by atoms with E-state index >= 15 is 0 Å². The van der Waals surface area contributed by atoms with Crippen LogP contribution in [0.3, 0.4) is 0 Å². The summed E-state index contributed by atoms with van der Waals surface area (Å²) in [5.74, 6) is 0. The summed E-state index contributed by atoms with van der Waals surface area (Å²) in [6.07, 6.45) is 1.35. The van der Waals surface area contributed by atoms with Gasteiger partial charge in [-0.25, -0.2) is 9.50 Å². The summed E-state index contributed by atoms with van der Waals surface area (Å²) in [5.41, 5.74) is 0.684. The molecule has 0 fully saturated rings. The lowest BCUT2D eigenvalue weighted by molar-refractivity contribution is 0.107. The molecule has 0 bridgehead atoms. The third-order valence-corrected chi connectivity index (χ3v) is 2.56. The van der Waals surface area contributed by atoms with Crippen molar-refractivity contribution in [1.82, 2.24) is 14.6 Å². The first kappa shape index (κ1) is 9.89. The number of hydrogen-bond acceptors (Lipinski definition) is 3. The van der Waals surface area contributed by atoms with Gasteiger partial charge in [-0.3, -0.25) is 4.79 Å². The number of aromatic nitrogens is 3. The van der Waals surface area contributed by atoms with Crippen molar-refractivity contribution < 1.29 is 4.79 Å². The quantitative estimate of drug-likeness (QED) is 0.759. The van der Waals surface area contributed by atoms with E-state index in [1.807, 2.05) is 0 Å². The third-order valence-electron chi connectivity index (χ3n) is 1.59. The number of hydrogen-bond donors (Lipinski definition) is 0. The maximum Gasteiger partial charge on any atom is 0.272 e. The molecular formula is C7H2BrCl2N3O. The van der Waals surface area contributed by atoms with Crippen LogP contribution in [0, 0.1) is 0 Å². The molecule has 0 saturated heterocycles. The largest absolute Gasteiger partial charge is 0.274 e. The second kappa shape index (κ2) is 3.49. The van der Waals surface area contributed by atoms with Crippen LogP contribution in [0.25, 0.3) is 5.65 Å². The maximum atomic E-state index is 10.9. The highest BCUT2D eigenvalue weighted by Crippen LogP contribution is 2.20. The molecule has 72 valence electrons. The van der Waals surface area contributed by atoms with Gasteiger partial charge in [0.2, 0.25) is 0 Å². The number of rotatable bonds is 1. The van der Waals surface area contributed by atoms with Crippen molar-refractivity contribution in [1.29, 1.82) is 0 Å². The van der Waals surface area contributed by atoms with Crippen LogP contribution in [-0.4, -0.2) is 19.8 Å². The third kappa shape index (κ3) is 1.51. The van der Waals surface area contributed by atoms with E-state index in [1.54, 1.807) is 6.07 Å². The zero-order valence-electron chi connectivity index (χ0n) is 6.54. The smallest absolute Gasteiger partial charge is 0.272 e. The standard InChI is InChI=1S/C7H2BrCl2N3O/c8-3-1-5(9)12-13-4(6(10)14)2-11-7(3)13/h1-2H. The Morgan fingerprint density at radius 3 is 2.93 bits per heavy atom. The van der Waals surface area contributed by atoms with E-state index in [0.717, 1.165) is 0 Å². The molecule has 0 unspecified atom stereocenters. The molecule has 14 heavy (non-hydrogen) atoms.